The van der Waals surface area contributed by atoms with Crippen molar-refractivity contribution in [1.82, 2.24) is 0 Å². The monoisotopic (exact) mass is 469 g/mol. The molecule has 0 spiro atoms. The Labute approximate surface area is 208 Å². The zero-order valence-corrected chi connectivity index (χ0v) is 19.5. The summed E-state index contributed by atoms with van der Waals surface area (Å²) >= 11 is 0. The molecule has 0 saturated heterocycles. The van der Waals surface area contributed by atoms with Crippen molar-refractivity contribution in [1.29, 1.82) is 0 Å². The molecule has 0 saturated carbocycles. The number of anilines is 1. The highest BCUT2D eigenvalue weighted by Crippen LogP contribution is 2.44. The number of Topliss-reactive ketones (excluding diaryl/α,β-unsaturated/α-hetero) is 1. The maximum Gasteiger partial charge on any atom is 0.342 e. The maximum atomic E-state index is 13.5. The van der Waals surface area contributed by atoms with Crippen LogP contribution in [0.1, 0.15) is 39.5 Å². The van der Waals surface area contributed by atoms with Crippen molar-refractivity contribution in [2.75, 3.05) is 4.90 Å². The zero-order valence-electron chi connectivity index (χ0n) is 19.5. The first-order valence-corrected chi connectivity index (χ1v) is 12.0. The van der Waals surface area contributed by atoms with E-state index in [0.29, 0.717) is 16.7 Å². The van der Waals surface area contributed by atoms with Gasteiger partial charge in [-0.1, -0.05) is 97.1 Å². The first-order chi connectivity index (χ1) is 17.7. The lowest BCUT2D eigenvalue weighted by molar-refractivity contribution is 0.0973. The molecule has 0 fully saturated rings. The number of fused-ring (bicyclic) bond motifs is 3. The Morgan fingerprint density at radius 2 is 1.36 bits per heavy atom. The molecule has 0 bridgehead atoms. The molecule has 1 aliphatic heterocycles. The summed E-state index contributed by atoms with van der Waals surface area (Å²) in [6, 6.07) is 36.2. The fourth-order valence-corrected chi connectivity index (χ4v) is 5.01. The third-order valence-electron chi connectivity index (χ3n) is 6.65. The van der Waals surface area contributed by atoms with Gasteiger partial charge < -0.3 is 9.32 Å². The highest BCUT2D eigenvalue weighted by molar-refractivity contribution is 6.02. The van der Waals surface area contributed by atoms with Crippen LogP contribution >= 0.6 is 0 Å². The fourth-order valence-electron chi connectivity index (χ4n) is 5.01. The molecule has 2 heterocycles. The van der Waals surface area contributed by atoms with Crippen LogP contribution in [0.3, 0.4) is 0 Å². The van der Waals surface area contributed by atoms with Gasteiger partial charge in [-0.05, 0) is 29.8 Å². The number of hydrogen-bond donors (Lipinski definition) is 0. The second-order valence-corrected chi connectivity index (χ2v) is 8.82. The van der Waals surface area contributed by atoms with Crippen LogP contribution < -0.4 is 10.5 Å². The van der Waals surface area contributed by atoms with Crippen molar-refractivity contribution in [3.8, 4) is 0 Å². The number of para-hydroxylation sites is 2. The number of rotatable bonds is 5. The highest BCUT2D eigenvalue weighted by atomic mass is 16.4. The Balaban J connectivity index is 1.63. The van der Waals surface area contributed by atoms with Crippen molar-refractivity contribution in [3.63, 3.8) is 0 Å². The summed E-state index contributed by atoms with van der Waals surface area (Å²) in [5, 5.41) is 0.852. The molecule has 4 nitrogen and oxygen atoms in total. The topological polar surface area (TPSA) is 50.5 Å². The molecule has 174 valence electrons. The van der Waals surface area contributed by atoms with E-state index in [-0.39, 0.29) is 12.2 Å². The second-order valence-electron chi connectivity index (χ2n) is 8.82. The Morgan fingerprint density at radius 3 is 2.08 bits per heavy atom. The van der Waals surface area contributed by atoms with Crippen LogP contribution in [-0.4, -0.2) is 5.78 Å². The number of benzene rings is 4. The molecule has 0 aliphatic carbocycles. The average molecular weight is 470 g/mol. The van der Waals surface area contributed by atoms with E-state index in [0.717, 1.165) is 27.9 Å². The molecule has 1 aliphatic rings. The molecule has 4 heteroatoms. The van der Waals surface area contributed by atoms with Gasteiger partial charge in [0.2, 0.25) is 0 Å². The molecule has 5 aromatic rings. The van der Waals surface area contributed by atoms with Crippen molar-refractivity contribution in [2.24, 2.45) is 0 Å². The highest BCUT2D eigenvalue weighted by Gasteiger charge is 2.36. The normalized spacial score (nSPS) is 14.8. The van der Waals surface area contributed by atoms with Crippen LogP contribution in [-0.2, 0) is 0 Å². The summed E-state index contributed by atoms with van der Waals surface area (Å²) in [6.07, 6.45) is 2.18. The molecule has 6 rings (SSSR count). The third kappa shape index (κ3) is 3.83. The number of ketones is 1. The molecule has 0 amide bonds. The molecule has 1 atom stereocenters. The van der Waals surface area contributed by atoms with E-state index in [1.54, 1.807) is 6.07 Å². The van der Waals surface area contributed by atoms with Gasteiger partial charge >= 0.3 is 5.63 Å². The van der Waals surface area contributed by atoms with Crippen molar-refractivity contribution in [2.45, 2.75) is 12.5 Å². The summed E-state index contributed by atoms with van der Waals surface area (Å²) in [7, 11) is 0. The summed E-state index contributed by atoms with van der Waals surface area (Å²) in [4.78, 5) is 29.1. The molecule has 0 N–H and O–H groups in total. The Hall–Kier alpha value is -4.70. The summed E-state index contributed by atoms with van der Waals surface area (Å²) in [6.45, 7) is 0. The fraction of sp³-hybridized carbons (Fsp3) is 0.0625. The molecular formula is C32H23NO3. The van der Waals surface area contributed by atoms with E-state index in [1.807, 2.05) is 97.1 Å². The summed E-state index contributed by atoms with van der Waals surface area (Å²) in [5.74, 6) is -0.0330. The van der Waals surface area contributed by atoms with Crippen LogP contribution in [0.15, 0.2) is 124 Å². The van der Waals surface area contributed by atoms with Gasteiger partial charge in [0.15, 0.2) is 5.78 Å². The van der Waals surface area contributed by atoms with Gasteiger partial charge in [-0.2, -0.15) is 0 Å². The summed E-state index contributed by atoms with van der Waals surface area (Å²) in [5.41, 5.74) is 4.87. The molecule has 36 heavy (non-hydrogen) atoms. The SMILES string of the molecule is O=C(CC1c2c(c3ccccc3oc2=O)C=C(c2ccccc2)N1c1ccccc1)c1ccccc1. The lowest BCUT2D eigenvalue weighted by Crippen LogP contribution is -2.35. The minimum atomic E-state index is -0.545. The van der Waals surface area contributed by atoms with Crippen molar-refractivity contribution < 1.29 is 9.21 Å². The molecule has 0 radical (unpaired) electrons. The number of carbonyl (C=O) groups is 1. The summed E-state index contributed by atoms with van der Waals surface area (Å²) < 4.78 is 5.78. The van der Waals surface area contributed by atoms with Crippen LogP contribution in [0.25, 0.3) is 22.7 Å². The largest absolute Gasteiger partial charge is 0.422 e. The Morgan fingerprint density at radius 1 is 0.750 bits per heavy atom. The van der Waals surface area contributed by atoms with E-state index < -0.39 is 11.7 Å². The third-order valence-corrected chi connectivity index (χ3v) is 6.65. The lowest BCUT2D eigenvalue weighted by Gasteiger charge is -2.39. The van der Waals surface area contributed by atoms with Crippen LogP contribution in [0.4, 0.5) is 5.69 Å². The number of carbonyl (C=O) groups excluding carboxylic acids is 1. The van der Waals surface area contributed by atoms with Gasteiger partial charge in [0.1, 0.15) is 5.58 Å². The zero-order chi connectivity index (χ0) is 24.5. The first-order valence-electron chi connectivity index (χ1n) is 12.0. The van der Waals surface area contributed by atoms with Crippen LogP contribution in [0.2, 0.25) is 0 Å². The van der Waals surface area contributed by atoms with E-state index in [4.69, 9.17) is 4.42 Å². The van der Waals surface area contributed by atoms with Crippen LogP contribution in [0.5, 0.6) is 0 Å². The number of nitrogens with zero attached hydrogens (tertiary/aromatic N) is 1. The van der Waals surface area contributed by atoms with Gasteiger partial charge in [0, 0.05) is 34.3 Å². The smallest absolute Gasteiger partial charge is 0.342 e. The van der Waals surface area contributed by atoms with Gasteiger partial charge in [-0.3, -0.25) is 4.79 Å². The van der Waals surface area contributed by atoms with Crippen molar-refractivity contribution in [3.05, 3.63) is 148 Å². The predicted molar refractivity (Wildman–Crippen MR) is 144 cm³/mol. The van der Waals surface area contributed by atoms with Crippen molar-refractivity contribution >= 4 is 34.2 Å². The average Bonchev–Trinajstić information content (AvgIpc) is 2.94. The standard InChI is InChI=1S/C32H23NO3/c34-29(23-14-6-2-7-15-23)21-28-31-26(25-18-10-11-19-30(25)36-32(31)35)20-27(22-12-4-1-5-13-22)33(28)24-16-8-3-9-17-24/h1-20,28H,21H2. The molecule has 1 aromatic heterocycles. The first kappa shape index (κ1) is 21.8. The lowest BCUT2D eigenvalue weighted by atomic mass is 9.87. The number of hydrogen-bond acceptors (Lipinski definition) is 4. The van der Waals surface area contributed by atoms with Gasteiger partial charge in [0.25, 0.3) is 0 Å². The van der Waals surface area contributed by atoms with E-state index in [1.165, 1.54) is 0 Å². The maximum absolute atomic E-state index is 13.5. The molecular weight excluding hydrogens is 446 g/mol. The van der Waals surface area contributed by atoms with Crippen LogP contribution in [0, 0.1) is 0 Å². The van der Waals surface area contributed by atoms with Gasteiger partial charge in [-0.25, -0.2) is 4.79 Å². The molecule has 4 aromatic carbocycles. The minimum absolute atomic E-state index is 0.0330. The predicted octanol–water partition coefficient (Wildman–Crippen LogP) is 7.13. The quantitative estimate of drug-likeness (QED) is 0.203. The van der Waals surface area contributed by atoms with E-state index in [2.05, 4.69) is 23.1 Å². The Bertz CT molecular complexity index is 1640. The van der Waals surface area contributed by atoms with E-state index >= 15 is 0 Å². The minimum Gasteiger partial charge on any atom is -0.422 e. The van der Waals surface area contributed by atoms with Gasteiger partial charge in [-0.15, -0.1) is 0 Å². The Kier molecular flexibility index (Phi) is 5.55. The molecule has 1 unspecified atom stereocenters. The second kappa shape index (κ2) is 9.16. The van der Waals surface area contributed by atoms with Gasteiger partial charge in [0.05, 0.1) is 11.6 Å². The van der Waals surface area contributed by atoms with E-state index in [9.17, 15) is 9.59 Å².